The van der Waals surface area contributed by atoms with E-state index >= 15 is 0 Å². The molecule has 1 saturated carbocycles. The van der Waals surface area contributed by atoms with E-state index in [9.17, 15) is 9.59 Å². The van der Waals surface area contributed by atoms with Crippen LogP contribution < -0.4 is 10.1 Å². The van der Waals surface area contributed by atoms with Crippen LogP contribution in [0.2, 0.25) is 0 Å². The highest BCUT2D eigenvalue weighted by Gasteiger charge is 2.52. The summed E-state index contributed by atoms with van der Waals surface area (Å²) in [6.07, 6.45) is 5.28. The van der Waals surface area contributed by atoms with Gasteiger partial charge in [-0.15, -0.1) is 0 Å². The average molecular weight is 672 g/mol. The minimum Gasteiger partial charge on any atom is -0.494 e. The third-order valence-corrected chi connectivity index (χ3v) is 9.97. The predicted molar refractivity (Wildman–Crippen MR) is 193 cm³/mol. The molecule has 4 rings (SSSR count). The number of amides is 2. The number of rotatable bonds is 14. The summed E-state index contributed by atoms with van der Waals surface area (Å²) in [5.41, 5.74) is 16.5. The van der Waals surface area contributed by atoms with Crippen molar-refractivity contribution in [3.8, 4) is 5.75 Å². The van der Waals surface area contributed by atoms with Gasteiger partial charge in [0.05, 0.1) is 19.2 Å². The molecule has 10 nitrogen and oxygen atoms in total. The van der Waals surface area contributed by atoms with E-state index < -0.39 is 11.8 Å². The Labute approximate surface area is 292 Å². The molecule has 266 valence electrons. The van der Waals surface area contributed by atoms with Crippen LogP contribution in [0.4, 0.5) is 0 Å². The second kappa shape index (κ2) is 15.7. The second-order valence-corrected chi connectivity index (χ2v) is 16.6. The number of hydrogen-bond donors (Lipinski definition) is 3. The average Bonchev–Trinajstić information content (AvgIpc) is 3.32. The van der Waals surface area contributed by atoms with Crippen molar-refractivity contribution >= 4 is 17.5 Å². The van der Waals surface area contributed by atoms with Gasteiger partial charge in [0.25, 0.3) is 11.8 Å². The number of ether oxygens (including phenoxy) is 1. The van der Waals surface area contributed by atoms with Crippen LogP contribution in [-0.2, 0) is 4.79 Å². The Bertz CT molecular complexity index is 1490. The van der Waals surface area contributed by atoms with Gasteiger partial charge in [-0.25, -0.2) is 11.1 Å². The zero-order chi connectivity index (χ0) is 36.0. The lowest BCUT2D eigenvalue weighted by molar-refractivity contribution is -0.133. The van der Waals surface area contributed by atoms with Gasteiger partial charge in [0, 0.05) is 11.1 Å². The minimum atomic E-state index is -0.932. The topological polar surface area (TPSA) is 143 Å². The fourth-order valence-electron chi connectivity index (χ4n) is 6.84. The number of aliphatic imine (C=N–C) groups is 1. The summed E-state index contributed by atoms with van der Waals surface area (Å²) in [5, 5.41) is 9.18. The highest BCUT2D eigenvalue weighted by Crippen LogP contribution is 2.48. The van der Waals surface area contributed by atoms with Gasteiger partial charge < -0.3 is 15.0 Å². The fourth-order valence-corrected chi connectivity index (χ4v) is 6.84. The highest BCUT2D eigenvalue weighted by atomic mass is 16.5. The lowest BCUT2D eigenvalue weighted by Crippen LogP contribution is -2.51. The number of benzene rings is 2. The Hall–Kier alpha value is -3.95. The standard InChI is InChI=1S/C39H57N7O3/c1-26(2)27-16-20-39(21-17-27)43-34(30-10-9-11-31(24-30)49-23-22-38(6,7)8)36(48)46(39)32(18-19-37(3,4)5)28-12-14-29(15-13-28)35(47)42-25-33(44-40)45-41/h9-15,24,26-27,32-33,40-41H,16-23,25H2,1-8H3,(H,42,47). The molecule has 2 amide bonds. The highest BCUT2D eigenvalue weighted by molar-refractivity contribution is 6.46. The van der Waals surface area contributed by atoms with Crippen molar-refractivity contribution < 1.29 is 14.3 Å². The van der Waals surface area contributed by atoms with E-state index in [0.29, 0.717) is 29.7 Å². The van der Waals surface area contributed by atoms with E-state index in [1.54, 1.807) is 12.1 Å². The molecular weight excluding hydrogens is 614 g/mol. The minimum absolute atomic E-state index is 0.0209. The molecule has 3 N–H and O–H groups in total. The molecule has 1 spiro atoms. The number of carbonyl (C=O) groups is 2. The van der Waals surface area contributed by atoms with Crippen LogP contribution in [0, 0.1) is 33.7 Å². The van der Waals surface area contributed by atoms with Crippen LogP contribution in [0.1, 0.15) is 128 Å². The fraction of sp³-hybridized carbons (Fsp3) is 0.615. The van der Waals surface area contributed by atoms with Crippen LogP contribution in [-0.4, -0.2) is 47.4 Å². The first-order valence-electron chi connectivity index (χ1n) is 17.8. The Morgan fingerprint density at radius 2 is 1.63 bits per heavy atom. The van der Waals surface area contributed by atoms with Gasteiger partial charge in [-0.05, 0) is 97.4 Å². The van der Waals surface area contributed by atoms with Gasteiger partial charge >= 0.3 is 0 Å². The van der Waals surface area contributed by atoms with E-state index in [-0.39, 0.29) is 35.2 Å². The van der Waals surface area contributed by atoms with Crippen molar-refractivity contribution in [2.75, 3.05) is 13.2 Å². The summed E-state index contributed by atoms with van der Waals surface area (Å²) in [7, 11) is 0. The molecule has 49 heavy (non-hydrogen) atoms. The van der Waals surface area contributed by atoms with Gasteiger partial charge in [-0.1, -0.05) is 79.7 Å². The SMILES string of the molecule is CC(C)C1CCC2(CC1)N=C(c1cccc(OCCC(C)(C)C)c1)C(=O)N2C(CCC(C)(C)C)c1ccc(C(=O)NCC(N=N)N=N)cc1. The molecule has 1 heterocycles. The third-order valence-electron chi connectivity index (χ3n) is 9.97. The molecule has 1 aliphatic heterocycles. The van der Waals surface area contributed by atoms with E-state index in [1.165, 1.54) is 0 Å². The summed E-state index contributed by atoms with van der Waals surface area (Å²) >= 11 is 0. The van der Waals surface area contributed by atoms with Crippen LogP contribution in [0.5, 0.6) is 5.75 Å². The number of nitrogens with zero attached hydrogens (tertiary/aromatic N) is 4. The van der Waals surface area contributed by atoms with Crippen molar-refractivity contribution in [2.45, 2.75) is 118 Å². The zero-order valence-corrected chi connectivity index (χ0v) is 30.8. The molecule has 2 aliphatic rings. The first-order chi connectivity index (χ1) is 23.1. The van der Waals surface area contributed by atoms with Gasteiger partial charge in [-0.3, -0.25) is 14.6 Å². The first kappa shape index (κ1) is 37.9. The third kappa shape index (κ3) is 9.82. The number of nitrogens with one attached hydrogen (secondary N) is 3. The Morgan fingerprint density at radius 1 is 1.00 bits per heavy atom. The maximum atomic E-state index is 14.8. The molecule has 1 unspecified atom stereocenters. The van der Waals surface area contributed by atoms with Crippen molar-refractivity contribution in [3.05, 3.63) is 65.2 Å². The number of carbonyl (C=O) groups excluding carboxylic acids is 2. The molecular formula is C39H57N7O3. The maximum Gasteiger partial charge on any atom is 0.275 e. The molecule has 1 atom stereocenters. The van der Waals surface area contributed by atoms with Crippen LogP contribution >= 0.6 is 0 Å². The Balaban J connectivity index is 1.70. The van der Waals surface area contributed by atoms with Crippen LogP contribution in [0.15, 0.2) is 63.8 Å². The number of hydrogen-bond acceptors (Lipinski definition) is 8. The van der Waals surface area contributed by atoms with Crippen molar-refractivity contribution in [3.63, 3.8) is 0 Å². The Kier molecular flexibility index (Phi) is 12.2. The molecule has 2 aromatic rings. The summed E-state index contributed by atoms with van der Waals surface area (Å²) in [6.45, 7) is 18.4. The monoisotopic (exact) mass is 671 g/mol. The first-order valence-corrected chi connectivity index (χ1v) is 17.8. The zero-order valence-electron chi connectivity index (χ0n) is 30.8. The van der Waals surface area contributed by atoms with Crippen molar-refractivity contribution in [1.29, 1.82) is 11.1 Å². The smallest absolute Gasteiger partial charge is 0.275 e. The molecule has 1 aliphatic carbocycles. The second-order valence-electron chi connectivity index (χ2n) is 16.6. The largest absolute Gasteiger partial charge is 0.494 e. The summed E-state index contributed by atoms with van der Waals surface area (Å²) in [4.78, 5) is 35.2. The lowest BCUT2D eigenvalue weighted by Gasteiger charge is -2.46. The summed E-state index contributed by atoms with van der Waals surface area (Å²) in [6, 6.07) is 15.0. The quantitative estimate of drug-likeness (QED) is 0.172. The van der Waals surface area contributed by atoms with Crippen LogP contribution in [0.3, 0.4) is 0 Å². The maximum absolute atomic E-state index is 14.8. The lowest BCUT2D eigenvalue weighted by atomic mass is 9.75. The van der Waals surface area contributed by atoms with Crippen LogP contribution in [0.25, 0.3) is 0 Å². The molecule has 0 aromatic heterocycles. The molecule has 0 radical (unpaired) electrons. The Morgan fingerprint density at radius 3 is 2.20 bits per heavy atom. The summed E-state index contributed by atoms with van der Waals surface area (Å²) < 4.78 is 6.15. The molecule has 10 heteroatoms. The summed E-state index contributed by atoms with van der Waals surface area (Å²) in [5.74, 6) is 1.53. The van der Waals surface area contributed by atoms with Crippen molar-refractivity contribution in [2.24, 2.45) is 37.9 Å². The van der Waals surface area contributed by atoms with Crippen molar-refractivity contribution in [1.82, 2.24) is 10.2 Å². The van der Waals surface area contributed by atoms with E-state index in [2.05, 4.69) is 75.8 Å². The van der Waals surface area contributed by atoms with E-state index in [0.717, 1.165) is 61.8 Å². The van der Waals surface area contributed by atoms with Gasteiger partial charge in [0.15, 0.2) is 6.17 Å². The molecule has 0 saturated heterocycles. The van der Waals surface area contributed by atoms with Gasteiger partial charge in [0.2, 0.25) is 0 Å². The predicted octanol–water partition coefficient (Wildman–Crippen LogP) is 9.36. The molecule has 1 fully saturated rings. The van der Waals surface area contributed by atoms with Gasteiger partial charge in [0.1, 0.15) is 17.1 Å². The molecule has 2 aromatic carbocycles. The normalized spacial score (nSPS) is 21.0. The van der Waals surface area contributed by atoms with E-state index in [4.69, 9.17) is 20.8 Å². The molecule has 0 bridgehead atoms. The van der Waals surface area contributed by atoms with Gasteiger partial charge in [-0.2, -0.15) is 10.2 Å². The van der Waals surface area contributed by atoms with E-state index in [1.807, 2.05) is 36.4 Å².